The van der Waals surface area contributed by atoms with Crippen molar-refractivity contribution in [3.63, 3.8) is 0 Å². The molecule has 2 aliphatic rings. The third-order valence-corrected chi connectivity index (χ3v) is 7.63. The molecule has 0 aromatic heterocycles. The number of sulfonamides is 1. The van der Waals surface area contributed by atoms with Crippen LogP contribution in [-0.4, -0.2) is 82.1 Å². The molecule has 9 nitrogen and oxygen atoms in total. The van der Waals surface area contributed by atoms with Gasteiger partial charge in [-0.25, -0.2) is 13.2 Å². The molecule has 10 heteroatoms. The summed E-state index contributed by atoms with van der Waals surface area (Å²) in [5.74, 6) is -0.445. The van der Waals surface area contributed by atoms with Gasteiger partial charge in [0.1, 0.15) is 10.6 Å². The van der Waals surface area contributed by atoms with Crippen molar-refractivity contribution in [1.82, 2.24) is 9.21 Å². The highest BCUT2D eigenvalue weighted by atomic mass is 32.2. The first-order valence-corrected chi connectivity index (χ1v) is 12.3. The minimum atomic E-state index is -3.87. The van der Waals surface area contributed by atoms with Gasteiger partial charge >= 0.3 is 5.97 Å². The summed E-state index contributed by atoms with van der Waals surface area (Å²) in [6.07, 6.45) is 0.892. The molecule has 3 atom stereocenters. The molecule has 0 saturated carbocycles. The number of hydrogen-bond acceptors (Lipinski definition) is 7. The minimum Gasteiger partial charge on any atom is -0.495 e. The fourth-order valence-corrected chi connectivity index (χ4v) is 6.15. The van der Waals surface area contributed by atoms with E-state index in [4.69, 9.17) is 14.2 Å². The predicted octanol–water partition coefficient (Wildman–Crippen LogP) is 1.77. The number of amides is 1. The molecule has 0 spiro atoms. The smallest absolute Gasteiger partial charge is 0.338 e. The number of ether oxygens (including phenoxy) is 3. The van der Waals surface area contributed by atoms with Gasteiger partial charge in [-0.3, -0.25) is 4.79 Å². The lowest BCUT2D eigenvalue weighted by Gasteiger charge is -2.34. The van der Waals surface area contributed by atoms with Crippen LogP contribution in [0.3, 0.4) is 0 Å². The number of nitrogens with zero attached hydrogens (tertiary/aromatic N) is 2. The van der Waals surface area contributed by atoms with Gasteiger partial charge in [0.25, 0.3) is 5.91 Å². The maximum Gasteiger partial charge on any atom is 0.338 e. The van der Waals surface area contributed by atoms with Crippen molar-refractivity contribution < 1.29 is 32.2 Å². The van der Waals surface area contributed by atoms with Gasteiger partial charge in [-0.2, -0.15) is 4.31 Å². The molecule has 0 aliphatic carbocycles. The Labute approximate surface area is 189 Å². The van der Waals surface area contributed by atoms with Crippen molar-refractivity contribution in [3.8, 4) is 5.75 Å². The van der Waals surface area contributed by atoms with Crippen LogP contribution in [0.1, 0.15) is 37.6 Å². The SMILES string of the molecule is COc1ccc(C(=O)OCC(=O)N2CCOC(C)C2)cc1S(=O)(=O)N1CC(C)CC(C)C1. The molecule has 1 aromatic rings. The molecule has 1 amide bonds. The van der Waals surface area contributed by atoms with Crippen LogP contribution in [0.4, 0.5) is 0 Å². The fourth-order valence-electron chi connectivity index (χ4n) is 4.29. The Morgan fingerprint density at radius 3 is 2.44 bits per heavy atom. The van der Waals surface area contributed by atoms with Crippen molar-refractivity contribution in [1.29, 1.82) is 0 Å². The Balaban J connectivity index is 1.75. The van der Waals surface area contributed by atoms with E-state index in [1.54, 1.807) is 4.90 Å². The van der Waals surface area contributed by atoms with Gasteiger partial charge in [-0.05, 0) is 43.4 Å². The Hall–Kier alpha value is -2.17. The zero-order chi connectivity index (χ0) is 23.5. The zero-order valence-electron chi connectivity index (χ0n) is 19.1. The van der Waals surface area contributed by atoms with Crippen LogP contribution in [0.25, 0.3) is 0 Å². The lowest BCUT2D eigenvalue weighted by molar-refractivity contribution is -0.141. The number of hydrogen-bond donors (Lipinski definition) is 0. The molecule has 3 rings (SSSR count). The highest BCUT2D eigenvalue weighted by Gasteiger charge is 2.34. The number of methoxy groups -OCH3 is 1. The van der Waals surface area contributed by atoms with Crippen LogP contribution in [0.15, 0.2) is 23.1 Å². The third-order valence-electron chi connectivity index (χ3n) is 5.77. The lowest BCUT2D eigenvalue weighted by atomic mass is 9.94. The number of benzene rings is 1. The fraction of sp³-hybridized carbons (Fsp3) is 0.636. The summed E-state index contributed by atoms with van der Waals surface area (Å²) in [5.41, 5.74) is 0.0469. The number of morpholine rings is 1. The highest BCUT2D eigenvalue weighted by Crippen LogP contribution is 2.32. The number of esters is 1. The number of piperidine rings is 1. The average molecular weight is 469 g/mol. The van der Waals surface area contributed by atoms with E-state index >= 15 is 0 Å². The maximum atomic E-state index is 13.4. The molecule has 178 valence electrons. The van der Waals surface area contributed by atoms with Crippen LogP contribution in [-0.2, 0) is 24.3 Å². The number of carbonyl (C=O) groups is 2. The molecular formula is C22H32N2O7S. The summed E-state index contributed by atoms with van der Waals surface area (Å²) in [6, 6.07) is 4.14. The second-order valence-corrected chi connectivity index (χ2v) is 10.6. The minimum absolute atomic E-state index is 0.0469. The molecule has 2 fully saturated rings. The third kappa shape index (κ3) is 5.60. The Kier molecular flexibility index (Phi) is 7.79. The molecule has 1 aromatic carbocycles. The van der Waals surface area contributed by atoms with Crippen molar-refractivity contribution in [3.05, 3.63) is 23.8 Å². The van der Waals surface area contributed by atoms with Gasteiger partial charge in [-0.15, -0.1) is 0 Å². The van der Waals surface area contributed by atoms with Gasteiger partial charge in [0.05, 0.1) is 25.4 Å². The summed E-state index contributed by atoms with van der Waals surface area (Å²) >= 11 is 0. The number of carbonyl (C=O) groups excluding carboxylic acids is 2. The van der Waals surface area contributed by atoms with Crippen LogP contribution in [0.2, 0.25) is 0 Å². The number of rotatable bonds is 6. The van der Waals surface area contributed by atoms with Crippen LogP contribution < -0.4 is 4.74 Å². The van der Waals surface area contributed by atoms with E-state index in [1.807, 2.05) is 20.8 Å². The molecular weight excluding hydrogens is 436 g/mol. The zero-order valence-corrected chi connectivity index (χ0v) is 19.9. The quantitative estimate of drug-likeness (QED) is 0.586. The molecule has 2 aliphatic heterocycles. The van der Waals surface area contributed by atoms with Crippen LogP contribution in [0.5, 0.6) is 5.75 Å². The van der Waals surface area contributed by atoms with Gasteiger partial charge in [-0.1, -0.05) is 13.8 Å². The molecule has 2 saturated heterocycles. The van der Waals surface area contributed by atoms with E-state index in [0.717, 1.165) is 6.42 Å². The summed E-state index contributed by atoms with van der Waals surface area (Å²) in [4.78, 5) is 26.4. The van der Waals surface area contributed by atoms with E-state index in [-0.39, 0.29) is 40.1 Å². The van der Waals surface area contributed by atoms with Gasteiger partial charge < -0.3 is 19.1 Å². The normalized spacial score (nSPS) is 24.8. The van der Waals surface area contributed by atoms with E-state index in [9.17, 15) is 18.0 Å². The first-order valence-electron chi connectivity index (χ1n) is 10.9. The predicted molar refractivity (Wildman–Crippen MR) is 117 cm³/mol. The second-order valence-electron chi connectivity index (χ2n) is 8.73. The van der Waals surface area contributed by atoms with Gasteiger partial charge in [0, 0.05) is 26.2 Å². The first-order chi connectivity index (χ1) is 15.1. The monoisotopic (exact) mass is 468 g/mol. The van der Waals surface area contributed by atoms with Gasteiger partial charge in [0.2, 0.25) is 10.0 Å². The van der Waals surface area contributed by atoms with E-state index in [2.05, 4.69) is 0 Å². The summed E-state index contributed by atoms with van der Waals surface area (Å²) in [6.45, 7) is 7.65. The Morgan fingerprint density at radius 1 is 1.12 bits per heavy atom. The lowest BCUT2D eigenvalue weighted by Crippen LogP contribution is -2.46. The molecule has 0 N–H and O–H groups in total. The molecule has 32 heavy (non-hydrogen) atoms. The summed E-state index contributed by atoms with van der Waals surface area (Å²) < 4.78 is 44.0. The highest BCUT2D eigenvalue weighted by molar-refractivity contribution is 7.89. The van der Waals surface area contributed by atoms with Crippen LogP contribution in [0, 0.1) is 11.8 Å². The standard InChI is InChI=1S/C22H32N2O7S/c1-15-9-16(2)12-24(11-15)32(27,28)20-10-18(5-6-19(20)29-4)22(26)31-14-21(25)23-7-8-30-17(3)13-23/h5-6,10,15-17H,7-9,11-14H2,1-4H3. The topological polar surface area (TPSA) is 102 Å². The molecule has 0 radical (unpaired) electrons. The van der Waals surface area contributed by atoms with E-state index in [1.165, 1.54) is 29.6 Å². The van der Waals surface area contributed by atoms with Gasteiger partial charge in [0.15, 0.2) is 6.61 Å². The van der Waals surface area contributed by atoms with Crippen molar-refractivity contribution >= 4 is 21.9 Å². The Morgan fingerprint density at radius 2 is 1.81 bits per heavy atom. The van der Waals surface area contributed by atoms with Crippen molar-refractivity contribution in [2.75, 3.05) is 46.5 Å². The summed E-state index contributed by atoms with van der Waals surface area (Å²) in [7, 11) is -2.48. The average Bonchev–Trinajstić information content (AvgIpc) is 2.76. The largest absolute Gasteiger partial charge is 0.495 e. The van der Waals surface area contributed by atoms with Crippen LogP contribution >= 0.6 is 0 Å². The molecule has 2 heterocycles. The van der Waals surface area contributed by atoms with E-state index in [0.29, 0.717) is 32.8 Å². The molecule has 3 unspecified atom stereocenters. The van der Waals surface area contributed by atoms with E-state index < -0.39 is 22.6 Å². The van der Waals surface area contributed by atoms with Crippen molar-refractivity contribution in [2.45, 2.75) is 38.2 Å². The first kappa shape index (κ1) is 24.5. The van der Waals surface area contributed by atoms with Crippen molar-refractivity contribution in [2.24, 2.45) is 11.8 Å². The maximum absolute atomic E-state index is 13.4. The molecule has 0 bridgehead atoms. The summed E-state index contributed by atoms with van der Waals surface area (Å²) in [5, 5.41) is 0. The Bertz CT molecular complexity index is 940. The second kappa shape index (κ2) is 10.2.